The van der Waals surface area contributed by atoms with Gasteiger partial charge in [-0.1, -0.05) is 39.8 Å². The third kappa shape index (κ3) is 5.12. The second kappa shape index (κ2) is 7.55. The Bertz CT molecular complexity index is 478. The number of nitrogens with zero attached hydrogens (tertiary/aromatic N) is 1. The lowest BCUT2D eigenvalue weighted by molar-refractivity contribution is -0.385. The van der Waals surface area contributed by atoms with Crippen molar-refractivity contribution in [1.29, 1.82) is 0 Å². The topological polar surface area (TPSA) is 55.2 Å². The van der Waals surface area contributed by atoms with Crippen LogP contribution in [0.4, 0.5) is 5.69 Å². The van der Waals surface area contributed by atoms with Gasteiger partial charge in [0.2, 0.25) is 0 Å². The molecule has 1 atom stereocenters. The number of nitro groups is 1. The summed E-state index contributed by atoms with van der Waals surface area (Å²) in [5.74, 6) is 0. The van der Waals surface area contributed by atoms with Gasteiger partial charge in [-0.3, -0.25) is 10.1 Å². The van der Waals surface area contributed by atoms with Gasteiger partial charge in [0.25, 0.3) is 5.69 Å². The molecule has 0 saturated carbocycles. The van der Waals surface area contributed by atoms with Crippen molar-refractivity contribution in [1.82, 2.24) is 5.32 Å². The van der Waals surface area contributed by atoms with Crippen LogP contribution in [0.2, 0.25) is 0 Å². The average molecular weight is 292 g/mol. The largest absolute Gasteiger partial charge is 0.313 e. The van der Waals surface area contributed by atoms with E-state index in [1.165, 1.54) is 0 Å². The van der Waals surface area contributed by atoms with E-state index in [4.69, 9.17) is 0 Å². The Labute approximate surface area is 128 Å². The van der Waals surface area contributed by atoms with Crippen molar-refractivity contribution in [3.63, 3.8) is 0 Å². The fraction of sp³-hybridized carbons (Fsp3) is 0.647. The van der Waals surface area contributed by atoms with Crippen molar-refractivity contribution in [3.8, 4) is 0 Å². The van der Waals surface area contributed by atoms with Crippen LogP contribution < -0.4 is 5.32 Å². The molecule has 0 aromatic heterocycles. The predicted octanol–water partition coefficient (Wildman–Crippen LogP) is 4.25. The summed E-state index contributed by atoms with van der Waals surface area (Å²) in [7, 11) is 0. The zero-order valence-electron chi connectivity index (χ0n) is 13.9. The maximum absolute atomic E-state index is 11.0. The van der Waals surface area contributed by atoms with E-state index in [0.29, 0.717) is 6.04 Å². The number of rotatable bonds is 7. The molecule has 1 aromatic carbocycles. The summed E-state index contributed by atoms with van der Waals surface area (Å²) in [5, 5.41) is 14.6. The number of hydrogen-bond donors (Lipinski definition) is 1. The van der Waals surface area contributed by atoms with Crippen molar-refractivity contribution in [3.05, 3.63) is 39.4 Å². The van der Waals surface area contributed by atoms with Gasteiger partial charge in [-0.05, 0) is 43.7 Å². The summed E-state index contributed by atoms with van der Waals surface area (Å²) in [6, 6.07) is 5.78. The Hall–Kier alpha value is -1.42. The Balaban J connectivity index is 2.81. The van der Waals surface area contributed by atoms with Gasteiger partial charge in [-0.25, -0.2) is 0 Å². The van der Waals surface area contributed by atoms with Crippen LogP contribution in [0.1, 0.15) is 51.7 Å². The second-order valence-electron chi connectivity index (χ2n) is 6.73. The van der Waals surface area contributed by atoms with Crippen molar-refractivity contribution >= 4 is 5.69 Å². The van der Waals surface area contributed by atoms with Crippen molar-refractivity contribution in [2.75, 3.05) is 6.54 Å². The zero-order valence-corrected chi connectivity index (χ0v) is 13.9. The molecule has 1 unspecified atom stereocenters. The Morgan fingerprint density at radius 3 is 2.52 bits per heavy atom. The van der Waals surface area contributed by atoms with E-state index in [1.54, 1.807) is 12.1 Å². The maximum Gasteiger partial charge on any atom is 0.272 e. The first kappa shape index (κ1) is 17.6. The molecule has 21 heavy (non-hydrogen) atoms. The first-order valence-electron chi connectivity index (χ1n) is 7.73. The predicted molar refractivity (Wildman–Crippen MR) is 87.7 cm³/mol. The molecule has 0 aliphatic rings. The van der Waals surface area contributed by atoms with E-state index in [-0.39, 0.29) is 16.0 Å². The van der Waals surface area contributed by atoms with E-state index >= 15 is 0 Å². The fourth-order valence-electron chi connectivity index (χ4n) is 2.60. The van der Waals surface area contributed by atoms with Crippen LogP contribution in [0, 0.1) is 22.5 Å². The fourth-order valence-corrected chi connectivity index (χ4v) is 2.60. The molecule has 118 valence electrons. The highest BCUT2D eigenvalue weighted by atomic mass is 16.6. The molecule has 0 aliphatic heterocycles. The molecular weight excluding hydrogens is 264 g/mol. The molecule has 1 aromatic rings. The monoisotopic (exact) mass is 292 g/mol. The van der Waals surface area contributed by atoms with Crippen molar-refractivity contribution < 1.29 is 4.92 Å². The van der Waals surface area contributed by atoms with Crippen LogP contribution in [0.25, 0.3) is 0 Å². The summed E-state index contributed by atoms with van der Waals surface area (Å²) in [4.78, 5) is 10.7. The normalized spacial score (nSPS) is 13.2. The summed E-state index contributed by atoms with van der Waals surface area (Å²) < 4.78 is 0. The van der Waals surface area contributed by atoms with Crippen molar-refractivity contribution in [2.45, 2.75) is 59.9 Å². The van der Waals surface area contributed by atoms with E-state index in [0.717, 1.165) is 36.9 Å². The highest BCUT2D eigenvalue weighted by Gasteiger charge is 2.24. The van der Waals surface area contributed by atoms with Crippen LogP contribution in [0.5, 0.6) is 0 Å². The lowest BCUT2D eigenvalue weighted by Crippen LogP contribution is -2.41. The molecular formula is C17H28N2O2. The Morgan fingerprint density at radius 1 is 1.33 bits per heavy atom. The van der Waals surface area contributed by atoms with Gasteiger partial charge in [0.05, 0.1) is 4.92 Å². The van der Waals surface area contributed by atoms with Crippen LogP contribution in [0.3, 0.4) is 0 Å². The molecule has 4 nitrogen and oxygen atoms in total. The van der Waals surface area contributed by atoms with Crippen LogP contribution in [-0.4, -0.2) is 17.5 Å². The van der Waals surface area contributed by atoms with Gasteiger partial charge >= 0.3 is 0 Å². The quantitative estimate of drug-likeness (QED) is 0.603. The molecule has 1 N–H and O–H groups in total. The summed E-state index contributed by atoms with van der Waals surface area (Å²) in [5.41, 5.74) is 2.28. The van der Waals surface area contributed by atoms with E-state index < -0.39 is 0 Å². The van der Waals surface area contributed by atoms with Gasteiger partial charge in [0, 0.05) is 17.7 Å². The minimum absolute atomic E-state index is 0.184. The van der Waals surface area contributed by atoms with Crippen LogP contribution in [-0.2, 0) is 6.42 Å². The standard InChI is InChI=1S/C17H28N2O2/c1-6-12-18-16(17(3,4)5)11-10-14-8-7-9-15(13(14)2)19(20)21/h7-9,16,18H,6,10-12H2,1-5H3. The molecule has 0 aliphatic carbocycles. The molecule has 0 spiro atoms. The number of benzene rings is 1. The maximum atomic E-state index is 11.0. The van der Waals surface area contributed by atoms with Gasteiger partial charge in [-0.15, -0.1) is 0 Å². The minimum Gasteiger partial charge on any atom is -0.313 e. The highest BCUT2D eigenvalue weighted by Crippen LogP contribution is 2.26. The van der Waals surface area contributed by atoms with Gasteiger partial charge in [0.1, 0.15) is 0 Å². The molecule has 0 bridgehead atoms. The third-order valence-corrected chi connectivity index (χ3v) is 4.00. The molecule has 0 amide bonds. The average Bonchev–Trinajstić information content (AvgIpc) is 2.38. The first-order valence-corrected chi connectivity index (χ1v) is 7.73. The molecule has 0 fully saturated rings. The summed E-state index contributed by atoms with van der Waals surface area (Å²) in [6.07, 6.45) is 2.97. The van der Waals surface area contributed by atoms with E-state index in [1.807, 2.05) is 13.0 Å². The number of nitro benzene ring substituents is 1. The molecule has 0 saturated heterocycles. The SMILES string of the molecule is CCCNC(CCc1cccc([N+](=O)[O-])c1C)C(C)(C)C. The minimum atomic E-state index is -0.296. The van der Waals surface area contributed by atoms with Crippen molar-refractivity contribution in [2.24, 2.45) is 5.41 Å². The van der Waals surface area contributed by atoms with Gasteiger partial charge in [-0.2, -0.15) is 0 Å². The van der Waals surface area contributed by atoms with Crippen LogP contribution >= 0.6 is 0 Å². The highest BCUT2D eigenvalue weighted by molar-refractivity contribution is 5.44. The number of nitrogens with one attached hydrogen (secondary N) is 1. The lowest BCUT2D eigenvalue weighted by atomic mass is 9.83. The van der Waals surface area contributed by atoms with Crippen LogP contribution in [0.15, 0.2) is 18.2 Å². The lowest BCUT2D eigenvalue weighted by Gasteiger charge is -2.32. The molecule has 0 radical (unpaired) electrons. The Kier molecular flexibility index (Phi) is 6.34. The molecule has 1 rings (SSSR count). The van der Waals surface area contributed by atoms with Gasteiger partial charge < -0.3 is 5.32 Å². The van der Waals surface area contributed by atoms with E-state index in [2.05, 4.69) is 33.0 Å². The number of aryl methyl sites for hydroxylation is 1. The third-order valence-electron chi connectivity index (χ3n) is 4.00. The summed E-state index contributed by atoms with van der Waals surface area (Å²) >= 11 is 0. The second-order valence-corrected chi connectivity index (χ2v) is 6.73. The zero-order chi connectivity index (χ0) is 16.0. The summed E-state index contributed by atoms with van der Waals surface area (Å²) in [6.45, 7) is 11.7. The van der Waals surface area contributed by atoms with E-state index in [9.17, 15) is 10.1 Å². The number of hydrogen-bond acceptors (Lipinski definition) is 3. The van der Waals surface area contributed by atoms with Gasteiger partial charge in [0.15, 0.2) is 0 Å². The molecule has 4 heteroatoms. The smallest absolute Gasteiger partial charge is 0.272 e. The Morgan fingerprint density at radius 2 is 2.00 bits per heavy atom. The first-order chi connectivity index (χ1) is 9.77. The molecule has 0 heterocycles.